The summed E-state index contributed by atoms with van der Waals surface area (Å²) in [5.74, 6) is 0.313. The van der Waals surface area contributed by atoms with Crippen LogP contribution in [0.1, 0.15) is 16.8 Å². The zero-order valence-corrected chi connectivity index (χ0v) is 14.9. The smallest absolute Gasteiger partial charge is 0.304 e. The van der Waals surface area contributed by atoms with Crippen LogP contribution in [0.15, 0.2) is 36.5 Å². The lowest BCUT2D eigenvalue weighted by atomic mass is 10.0. The van der Waals surface area contributed by atoms with E-state index in [4.69, 9.17) is 0 Å². The molecule has 4 rings (SSSR count). The summed E-state index contributed by atoms with van der Waals surface area (Å²) in [6, 6.07) is 6.57. The van der Waals surface area contributed by atoms with Crippen LogP contribution in [0.3, 0.4) is 0 Å². The van der Waals surface area contributed by atoms with Gasteiger partial charge in [-0.1, -0.05) is 12.1 Å². The Bertz CT molecular complexity index is 1060. The first kappa shape index (κ1) is 18.0. The highest BCUT2D eigenvalue weighted by Gasteiger charge is 2.30. The highest BCUT2D eigenvalue weighted by atomic mass is 19.4. The molecule has 0 saturated carbocycles. The first-order valence-corrected chi connectivity index (χ1v) is 8.57. The van der Waals surface area contributed by atoms with Crippen molar-refractivity contribution in [3.63, 3.8) is 0 Å². The molecule has 0 bridgehead atoms. The lowest BCUT2D eigenvalue weighted by Gasteiger charge is -2.25. The third-order valence-corrected chi connectivity index (χ3v) is 4.63. The molecule has 0 atom stereocenters. The summed E-state index contributed by atoms with van der Waals surface area (Å²) in [5, 5.41) is 13.6. The van der Waals surface area contributed by atoms with E-state index >= 15 is 0 Å². The molecule has 0 spiro atoms. The van der Waals surface area contributed by atoms with Crippen LogP contribution in [0.25, 0.3) is 22.8 Å². The van der Waals surface area contributed by atoms with Crippen molar-refractivity contribution in [3.8, 4) is 29.0 Å². The molecule has 6 nitrogen and oxygen atoms in total. The minimum atomic E-state index is -4.40. The molecular formula is C19H15F3N6. The maximum absolute atomic E-state index is 12.8. The van der Waals surface area contributed by atoms with Gasteiger partial charge in [-0.25, -0.2) is 9.97 Å². The topological polar surface area (TPSA) is 70.6 Å². The third kappa shape index (κ3) is 3.29. The van der Waals surface area contributed by atoms with Crippen molar-refractivity contribution in [1.29, 1.82) is 5.26 Å². The second-order valence-corrected chi connectivity index (χ2v) is 6.54. The molecule has 142 valence electrons. The number of aryl methyl sites for hydroxylation is 1. The van der Waals surface area contributed by atoms with Gasteiger partial charge in [0, 0.05) is 30.9 Å². The Hall–Kier alpha value is -3.41. The van der Waals surface area contributed by atoms with E-state index in [1.165, 1.54) is 12.1 Å². The molecule has 3 aromatic rings. The highest BCUT2D eigenvalue weighted by molar-refractivity contribution is 5.65. The molecule has 0 aliphatic carbocycles. The first-order chi connectivity index (χ1) is 13.3. The van der Waals surface area contributed by atoms with Crippen LogP contribution in [-0.4, -0.2) is 31.2 Å². The number of benzene rings is 1. The standard InChI is InChI=1S/C19H15F3N6/c1-27-8-7-15(26-27)17-14-6-9-28(11-23)10-16(14)24-18(25-17)12-2-4-13(5-3-12)19(20,21)22/h2-5,7-8H,6,9-10H2,1H3. The summed E-state index contributed by atoms with van der Waals surface area (Å²) in [5.41, 5.74) is 2.67. The van der Waals surface area contributed by atoms with Gasteiger partial charge in [-0.2, -0.15) is 23.5 Å². The van der Waals surface area contributed by atoms with Gasteiger partial charge in [0.2, 0.25) is 0 Å². The van der Waals surface area contributed by atoms with Gasteiger partial charge in [0.1, 0.15) is 5.69 Å². The van der Waals surface area contributed by atoms with Crippen LogP contribution in [0, 0.1) is 11.5 Å². The fourth-order valence-electron chi connectivity index (χ4n) is 3.21. The van der Waals surface area contributed by atoms with E-state index in [1.54, 1.807) is 22.8 Å². The Labute approximate surface area is 158 Å². The number of hydrogen-bond donors (Lipinski definition) is 0. The van der Waals surface area contributed by atoms with E-state index in [0.29, 0.717) is 48.0 Å². The number of nitrogens with zero attached hydrogens (tertiary/aromatic N) is 6. The third-order valence-electron chi connectivity index (χ3n) is 4.63. The highest BCUT2D eigenvalue weighted by Crippen LogP contribution is 2.32. The van der Waals surface area contributed by atoms with Gasteiger partial charge in [0.05, 0.1) is 23.5 Å². The van der Waals surface area contributed by atoms with Crippen LogP contribution in [0.2, 0.25) is 0 Å². The van der Waals surface area contributed by atoms with Gasteiger partial charge in [0.25, 0.3) is 0 Å². The van der Waals surface area contributed by atoms with Crippen molar-refractivity contribution in [1.82, 2.24) is 24.6 Å². The normalized spacial score (nSPS) is 13.9. The molecule has 0 fully saturated rings. The molecule has 0 amide bonds. The summed E-state index contributed by atoms with van der Waals surface area (Å²) >= 11 is 0. The van der Waals surface area contributed by atoms with Crippen molar-refractivity contribution < 1.29 is 13.2 Å². The molecule has 0 saturated heterocycles. The predicted octanol–water partition coefficient (Wildman–Crippen LogP) is 3.40. The lowest BCUT2D eigenvalue weighted by Crippen LogP contribution is -2.28. The van der Waals surface area contributed by atoms with Crippen LogP contribution in [-0.2, 0) is 26.2 Å². The molecule has 9 heteroatoms. The minimum Gasteiger partial charge on any atom is -0.304 e. The van der Waals surface area contributed by atoms with Gasteiger partial charge in [-0.3, -0.25) is 4.68 Å². The maximum atomic E-state index is 12.8. The zero-order valence-electron chi connectivity index (χ0n) is 14.9. The molecular weight excluding hydrogens is 369 g/mol. The van der Waals surface area contributed by atoms with Crippen molar-refractivity contribution >= 4 is 0 Å². The van der Waals surface area contributed by atoms with Gasteiger partial charge in [0.15, 0.2) is 12.0 Å². The Morgan fingerprint density at radius 2 is 1.86 bits per heavy atom. The number of aromatic nitrogens is 4. The van der Waals surface area contributed by atoms with Gasteiger partial charge in [-0.15, -0.1) is 0 Å². The molecule has 2 aromatic heterocycles. The van der Waals surface area contributed by atoms with E-state index in [1.807, 2.05) is 6.07 Å². The fourth-order valence-corrected chi connectivity index (χ4v) is 3.21. The largest absolute Gasteiger partial charge is 0.416 e. The lowest BCUT2D eigenvalue weighted by molar-refractivity contribution is -0.137. The van der Waals surface area contributed by atoms with Crippen LogP contribution in [0.5, 0.6) is 0 Å². The molecule has 0 radical (unpaired) electrons. The first-order valence-electron chi connectivity index (χ1n) is 8.57. The predicted molar refractivity (Wildman–Crippen MR) is 94.4 cm³/mol. The number of fused-ring (bicyclic) bond motifs is 1. The number of rotatable bonds is 2. The van der Waals surface area contributed by atoms with Gasteiger partial charge < -0.3 is 4.90 Å². The van der Waals surface area contributed by atoms with E-state index in [-0.39, 0.29) is 0 Å². The summed E-state index contributed by atoms with van der Waals surface area (Å²) < 4.78 is 40.2. The summed E-state index contributed by atoms with van der Waals surface area (Å²) in [6.45, 7) is 0.897. The van der Waals surface area contributed by atoms with Crippen LogP contribution in [0.4, 0.5) is 13.2 Å². The Balaban J connectivity index is 1.83. The Kier molecular flexibility index (Phi) is 4.26. The average Bonchev–Trinajstić information content (AvgIpc) is 3.12. The molecule has 28 heavy (non-hydrogen) atoms. The Morgan fingerprint density at radius 1 is 1.11 bits per heavy atom. The Morgan fingerprint density at radius 3 is 2.46 bits per heavy atom. The number of halogens is 3. The van der Waals surface area contributed by atoms with E-state index in [2.05, 4.69) is 21.3 Å². The summed E-state index contributed by atoms with van der Waals surface area (Å²) in [7, 11) is 1.80. The van der Waals surface area contributed by atoms with Gasteiger partial charge in [-0.05, 0) is 24.6 Å². The summed E-state index contributed by atoms with van der Waals surface area (Å²) in [6.07, 6.45) is 0.115. The van der Waals surface area contributed by atoms with E-state index in [0.717, 1.165) is 17.7 Å². The fraction of sp³-hybridized carbons (Fsp3) is 0.263. The number of hydrogen-bond acceptors (Lipinski definition) is 5. The minimum absolute atomic E-state index is 0.313. The maximum Gasteiger partial charge on any atom is 0.416 e. The van der Waals surface area contributed by atoms with E-state index in [9.17, 15) is 18.4 Å². The molecule has 0 unspecified atom stereocenters. The zero-order chi connectivity index (χ0) is 19.9. The van der Waals surface area contributed by atoms with Gasteiger partial charge >= 0.3 is 6.18 Å². The van der Waals surface area contributed by atoms with Crippen molar-refractivity contribution in [3.05, 3.63) is 53.3 Å². The second-order valence-electron chi connectivity index (χ2n) is 6.54. The van der Waals surface area contributed by atoms with E-state index < -0.39 is 11.7 Å². The average molecular weight is 384 g/mol. The van der Waals surface area contributed by atoms with Crippen molar-refractivity contribution in [2.75, 3.05) is 6.54 Å². The quantitative estimate of drug-likeness (QED) is 0.634. The van der Waals surface area contributed by atoms with Crippen molar-refractivity contribution in [2.24, 2.45) is 7.05 Å². The molecule has 3 heterocycles. The van der Waals surface area contributed by atoms with Crippen LogP contribution < -0.4 is 0 Å². The second kappa shape index (κ2) is 6.64. The monoisotopic (exact) mass is 384 g/mol. The molecule has 1 aliphatic heterocycles. The van der Waals surface area contributed by atoms with Crippen LogP contribution >= 0.6 is 0 Å². The van der Waals surface area contributed by atoms with Crippen molar-refractivity contribution in [2.45, 2.75) is 19.1 Å². The molecule has 1 aromatic carbocycles. The molecule has 1 aliphatic rings. The molecule has 0 N–H and O–H groups in total. The SMILES string of the molecule is Cn1ccc(-c2nc(-c3ccc(C(F)(F)F)cc3)nc3c2CCN(C#N)C3)n1. The number of nitriles is 1. The summed E-state index contributed by atoms with van der Waals surface area (Å²) in [4.78, 5) is 10.8. The number of alkyl halides is 3.